The van der Waals surface area contributed by atoms with Crippen molar-refractivity contribution in [1.29, 1.82) is 0 Å². The molecule has 0 aliphatic carbocycles. The van der Waals surface area contributed by atoms with E-state index >= 15 is 0 Å². The fraction of sp³-hybridized carbons (Fsp3) is 0.0476. The summed E-state index contributed by atoms with van der Waals surface area (Å²) >= 11 is 0. The van der Waals surface area contributed by atoms with E-state index in [4.69, 9.17) is 4.42 Å². The monoisotopic (exact) mass is 328 g/mol. The highest BCUT2D eigenvalue weighted by Gasteiger charge is 2.10. The maximum atomic E-state index is 12.4. The molecule has 0 unspecified atom stereocenters. The van der Waals surface area contributed by atoms with Gasteiger partial charge in [0.2, 0.25) is 5.89 Å². The van der Waals surface area contributed by atoms with Crippen molar-refractivity contribution in [3.63, 3.8) is 0 Å². The zero-order valence-electron chi connectivity index (χ0n) is 13.7. The number of carbonyl (C=O) groups is 1. The zero-order chi connectivity index (χ0) is 17.2. The molecular formula is C21H16N2O2. The molecule has 4 heteroatoms. The molecule has 0 spiro atoms. The van der Waals surface area contributed by atoms with Crippen LogP contribution in [0.1, 0.15) is 15.9 Å². The minimum Gasteiger partial charge on any atom is -0.436 e. The van der Waals surface area contributed by atoms with Crippen LogP contribution in [0.15, 0.2) is 77.2 Å². The van der Waals surface area contributed by atoms with Crippen LogP contribution in [-0.2, 0) is 0 Å². The van der Waals surface area contributed by atoms with E-state index in [1.807, 2.05) is 73.7 Å². The normalized spacial score (nSPS) is 10.8. The third kappa shape index (κ3) is 3.15. The Morgan fingerprint density at radius 2 is 1.80 bits per heavy atom. The van der Waals surface area contributed by atoms with Crippen LogP contribution in [0.5, 0.6) is 0 Å². The van der Waals surface area contributed by atoms with Crippen LogP contribution in [0.25, 0.3) is 22.6 Å². The number of aromatic nitrogens is 1. The Hall–Kier alpha value is -3.40. The number of hydrogen-bond acceptors (Lipinski definition) is 3. The third-order valence-corrected chi connectivity index (χ3v) is 3.95. The van der Waals surface area contributed by atoms with Crippen LogP contribution in [0, 0.1) is 6.92 Å². The number of hydrogen-bond donors (Lipinski definition) is 1. The molecule has 0 fully saturated rings. The number of nitrogens with one attached hydrogen (secondary N) is 1. The van der Waals surface area contributed by atoms with Crippen molar-refractivity contribution in [1.82, 2.24) is 4.98 Å². The largest absolute Gasteiger partial charge is 0.436 e. The van der Waals surface area contributed by atoms with Crippen LogP contribution < -0.4 is 5.32 Å². The van der Waals surface area contributed by atoms with Crippen LogP contribution >= 0.6 is 0 Å². The minimum absolute atomic E-state index is 0.144. The molecule has 3 aromatic carbocycles. The Morgan fingerprint density at radius 3 is 2.60 bits per heavy atom. The first-order chi connectivity index (χ1) is 12.2. The summed E-state index contributed by atoms with van der Waals surface area (Å²) in [5, 5.41) is 2.91. The first kappa shape index (κ1) is 15.1. The Morgan fingerprint density at radius 1 is 0.960 bits per heavy atom. The summed E-state index contributed by atoms with van der Waals surface area (Å²) < 4.78 is 5.79. The lowest BCUT2D eigenvalue weighted by atomic mass is 10.1. The van der Waals surface area contributed by atoms with Gasteiger partial charge in [-0.15, -0.1) is 0 Å². The number of anilines is 1. The lowest BCUT2D eigenvalue weighted by Crippen LogP contribution is -2.11. The van der Waals surface area contributed by atoms with E-state index in [1.54, 1.807) is 6.07 Å². The van der Waals surface area contributed by atoms with Crippen molar-refractivity contribution < 1.29 is 9.21 Å². The summed E-state index contributed by atoms with van der Waals surface area (Å²) in [6.07, 6.45) is 0. The number of oxazole rings is 1. The van der Waals surface area contributed by atoms with E-state index in [1.165, 1.54) is 0 Å². The molecule has 0 radical (unpaired) electrons. The van der Waals surface area contributed by atoms with Gasteiger partial charge in [0.1, 0.15) is 5.52 Å². The smallest absolute Gasteiger partial charge is 0.255 e. The molecular weight excluding hydrogens is 312 g/mol. The standard InChI is InChI=1S/C21H16N2O2/c1-14-6-5-9-16(12-14)20(24)22-17-10-11-19-18(13-17)23-21(25-19)15-7-3-2-4-8-15/h2-13H,1H3,(H,22,24). The van der Waals surface area contributed by atoms with E-state index in [0.717, 1.165) is 11.1 Å². The van der Waals surface area contributed by atoms with Gasteiger partial charge in [-0.3, -0.25) is 4.79 Å². The van der Waals surface area contributed by atoms with Gasteiger partial charge in [-0.25, -0.2) is 4.98 Å². The van der Waals surface area contributed by atoms with Crippen molar-refractivity contribution in [2.75, 3.05) is 5.32 Å². The van der Waals surface area contributed by atoms with E-state index in [9.17, 15) is 4.79 Å². The first-order valence-electron chi connectivity index (χ1n) is 8.03. The molecule has 0 aliphatic rings. The summed E-state index contributed by atoms with van der Waals surface area (Å²) in [6, 6.07) is 22.7. The van der Waals surface area contributed by atoms with Gasteiger partial charge >= 0.3 is 0 Å². The average Bonchev–Trinajstić information content (AvgIpc) is 3.06. The van der Waals surface area contributed by atoms with Crippen molar-refractivity contribution in [2.24, 2.45) is 0 Å². The van der Waals surface area contributed by atoms with E-state index in [2.05, 4.69) is 10.3 Å². The van der Waals surface area contributed by atoms with Gasteiger partial charge < -0.3 is 9.73 Å². The molecule has 4 nitrogen and oxygen atoms in total. The number of rotatable bonds is 3. The Balaban J connectivity index is 1.62. The second kappa shape index (κ2) is 6.24. The highest BCUT2D eigenvalue weighted by Crippen LogP contribution is 2.26. The summed E-state index contributed by atoms with van der Waals surface area (Å²) in [5.41, 5.74) is 4.68. The fourth-order valence-corrected chi connectivity index (χ4v) is 2.70. The minimum atomic E-state index is -0.144. The predicted octanol–water partition coefficient (Wildman–Crippen LogP) is 5.06. The van der Waals surface area contributed by atoms with Crippen molar-refractivity contribution in [3.8, 4) is 11.5 Å². The van der Waals surface area contributed by atoms with Crippen LogP contribution in [0.3, 0.4) is 0 Å². The van der Waals surface area contributed by atoms with Gasteiger partial charge in [0.15, 0.2) is 5.58 Å². The van der Waals surface area contributed by atoms with Crippen molar-refractivity contribution in [3.05, 3.63) is 83.9 Å². The maximum Gasteiger partial charge on any atom is 0.255 e. The second-order valence-electron chi connectivity index (χ2n) is 5.89. The Kier molecular flexibility index (Phi) is 3.78. The first-order valence-corrected chi connectivity index (χ1v) is 8.03. The molecule has 0 bridgehead atoms. The molecule has 25 heavy (non-hydrogen) atoms. The van der Waals surface area contributed by atoms with Gasteiger partial charge in [0, 0.05) is 16.8 Å². The molecule has 4 rings (SSSR count). The number of aryl methyl sites for hydroxylation is 1. The Bertz CT molecular complexity index is 1050. The molecule has 0 atom stereocenters. The number of carbonyl (C=O) groups excluding carboxylic acids is 1. The maximum absolute atomic E-state index is 12.4. The lowest BCUT2D eigenvalue weighted by Gasteiger charge is -2.05. The molecule has 0 saturated carbocycles. The number of benzene rings is 3. The average molecular weight is 328 g/mol. The highest BCUT2D eigenvalue weighted by atomic mass is 16.3. The molecule has 122 valence electrons. The summed E-state index contributed by atoms with van der Waals surface area (Å²) in [5.74, 6) is 0.424. The van der Waals surface area contributed by atoms with Gasteiger partial charge in [0.05, 0.1) is 0 Å². The third-order valence-electron chi connectivity index (χ3n) is 3.95. The molecule has 1 N–H and O–H groups in total. The number of nitrogens with zero attached hydrogens (tertiary/aromatic N) is 1. The van der Waals surface area contributed by atoms with Crippen LogP contribution in [0.2, 0.25) is 0 Å². The molecule has 1 heterocycles. The predicted molar refractivity (Wildman–Crippen MR) is 98.6 cm³/mol. The van der Waals surface area contributed by atoms with Crippen molar-refractivity contribution >= 4 is 22.7 Å². The van der Waals surface area contributed by atoms with E-state index in [0.29, 0.717) is 28.2 Å². The number of amides is 1. The topological polar surface area (TPSA) is 55.1 Å². The molecule has 4 aromatic rings. The second-order valence-corrected chi connectivity index (χ2v) is 5.89. The quantitative estimate of drug-likeness (QED) is 0.572. The van der Waals surface area contributed by atoms with Crippen LogP contribution in [0.4, 0.5) is 5.69 Å². The fourth-order valence-electron chi connectivity index (χ4n) is 2.70. The van der Waals surface area contributed by atoms with Gasteiger partial charge in [-0.05, 0) is 49.4 Å². The molecule has 0 aliphatic heterocycles. The van der Waals surface area contributed by atoms with Gasteiger partial charge in [-0.2, -0.15) is 0 Å². The number of fused-ring (bicyclic) bond motifs is 1. The van der Waals surface area contributed by atoms with Gasteiger partial charge in [0.25, 0.3) is 5.91 Å². The zero-order valence-corrected chi connectivity index (χ0v) is 13.7. The Labute approximate surface area is 145 Å². The molecule has 0 saturated heterocycles. The van der Waals surface area contributed by atoms with E-state index in [-0.39, 0.29) is 5.91 Å². The highest BCUT2D eigenvalue weighted by molar-refractivity contribution is 6.05. The molecule has 1 amide bonds. The summed E-state index contributed by atoms with van der Waals surface area (Å²) in [7, 11) is 0. The summed E-state index contributed by atoms with van der Waals surface area (Å²) in [4.78, 5) is 16.9. The van der Waals surface area contributed by atoms with Crippen LogP contribution in [-0.4, -0.2) is 10.9 Å². The lowest BCUT2D eigenvalue weighted by molar-refractivity contribution is 0.102. The summed E-state index contributed by atoms with van der Waals surface area (Å²) in [6.45, 7) is 1.96. The van der Waals surface area contributed by atoms with Crippen molar-refractivity contribution in [2.45, 2.75) is 6.92 Å². The van der Waals surface area contributed by atoms with E-state index < -0.39 is 0 Å². The SMILES string of the molecule is Cc1cccc(C(=O)Nc2ccc3oc(-c4ccccc4)nc3c2)c1. The molecule has 1 aromatic heterocycles. The van der Waals surface area contributed by atoms with Gasteiger partial charge in [-0.1, -0.05) is 35.9 Å².